The van der Waals surface area contributed by atoms with E-state index in [0.717, 1.165) is 15.4 Å². The largest absolute Gasteiger partial charge is 0.350 e. The smallest absolute Gasteiger partial charge is 0.283 e. The van der Waals surface area contributed by atoms with Gasteiger partial charge < -0.3 is 5.32 Å². The molecule has 7 heteroatoms. The lowest BCUT2D eigenvalue weighted by Gasteiger charge is -2.16. The van der Waals surface area contributed by atoms with Crippen molar-refractivity contribution in [2.75, 3.05) is 10.2 Å². The van der Waals surface area contributed by atoms with Gasteiger partial charge in [0.1, 0.15) is 16.4 Å². The summed E-state index contributed by atoms with van der Waals surface area (Å²) >= 11 is 7.15. The van der Waals surface area contributed by atoms with E-state index in [1.54, 1.807) is 36.4 Å². The van der Waals surface area contributed by atoms with E-state index in [9.17, 15) is 14.0 Å². The second kappa shape index (κ2) is 9.18. The number of thioether (sulfide) groups is 1. The quantitative estimate of drug-likeness (QED) is 0.416. The third-order valence-corrected chi connectivity index (χ3v) is 6.35. The first-order valence-corrected chi connectivity index (χ1v) is 11.2. The molecule has 0 bridgehead atoms. The topological polar surface area (TPSA) is 49.4 Å². The van der Waals surface area contributed by atoms with Crippen LogP contribution in [-0.4, -0.2) is 11.8 Å². The Balaban J connectivity index is 1.71. The Hall–Kier alpha value is -3.09. The van der Waals surface area contributed by atoms with E-state index >= 15 is 0 Å². The van der Waals surface area contributed by atoms with Crippen molar-refractivity contribution in [1.82, 2.24) is 0 Å². The van der Waals surface area contributed by atoms with Crippen molar-refractivity contribution in [3.63, 3.8) is 0 Å². The number of rotatable bonds is 6. The Kier molecular flexibility index (Phi) is 6.35. The second-order valence-corrected chi connectivity index (χ2v) is 9.10. The molecule has 0 aliphatic carbocycles. The molecule has 162 valence electrons. The van der Waals surface area contributed by atoms with Gasteiger partial charge in [-0.2, -0.15) is 0 Å². The molecule has 1 N–H and O–H groups in total. The van der Waals surface area contributed by atoms with Crippen LogP contribution in [0.2, 0.25) is 5.02 Å². The summed E-state index contributed by atoms with van der Waals surface area (Å²) in [6.45, 7) is 4.16. The zero-order valence-corrected chi connectivity index (χ0v) is 19.0. The predicted molar refractivity (Wildman–Crippen MR) is 127 cm³/mol. The lowest BCUT2D eigenvalue weighted by Crippen LogP contribution is -2.32. The Labute approximate surface area is 195 Å². The summed E-state index contributed by atoms with van der Waals surface area (Å²) < 4.78 is 13.3. The molecule has 1 heterocycles. The van der Waals surface area contributed by atoms with Crippen LogP contribution in [0, 0.1) is 5.82 Å². The molecular formula is C25H20ClFN2O2S. The lowest BCUT2D eigenvalue weighted by molar-refractivity contribution is -0.120. The number of halogens is 2. The SMILES string of the molecule is CC(C)c1ccc(N2C(=O)C(Nc3ccc(F)cc3)=C(Sc3ccc(Cl)cc3)C2=O)cc1. The molecule has 0 spiro atoms. The van der Waals surface area contributed by atoms with Crippen molar-refractivity contribution in [2.24, 2.45) is 0 Å². The summed E-state index contributed by atoms with van der Waals surface area (Å²) in [6, 6.07) is 20.0. The van der Waals surface area contributed by atoms with E-state index in [-0.39, 0.29) is 16.4 Å². The van der Waals surface area contributed by atoms with Gasteiger partial charge in [0.05, 0.1) is 5.69 Å². The molecule has 0 aromatic heterocycles. The fourth-order valence-corrected chi connectivity index (χ4v) is 4.31. The van der Waals surface area contributed by atoms with Crippen LogP contribution < -0.4 is 10.2 Å². The van der Waals surface area contributed by atoms with Crippen LogP contribution in [0.1, 0.15) is 25.3 Å². The van der Waals surface area contributed by atoms with Crippen molar-refractivity contribution in [3.05, 3.63) is 99.8 Å². The van der Waals surface area contributed by atoms with Crippen LogP contribution in [0.25, 0.3) is 0 Å². The average molecular weight is 467 g/mol. The molecule has 0 saturated carbocycles. The summed E-state index contributed by atoms with van der Waals surface area (Å²) in [7, 11) is 0. The first-order chi connectivity index (χ1) is 15.3. The van der Waals surface area contributed by atoms with Gasteiger partial charge in [0, 0.05) is 15.6 Å². The summed E-state index contributed by atoms with van der Waals surface area (Å²) in [5, 5.41) is 3.59. The maximum absolute atomic E-state index is 13.4. The van der Waals surface area contributed by atoms with Crippen LogP contribution in [0.3, 0.4) is 0 Å². The molecule has 0 unspecified atom stereocenters. The number of benzene rings is 3. The Morgan fingerprint density at radius 1 is 0.875 bits per heavy atom. The monoisotopic (exact) mass is 466 g/mol. The van der Waals surface area contributed by atoms with Gasteiger partial charge in [0.25, 0.3) is 11.8 Å². The molecule has 4 nitrogen and oxygen atoms in total. The summed E-state index contributed by atoms with van der Waals surface area (Å²) in [5.41, 5.74) is 2.26. The number of hydrogen-bond acceptors (Lipinski definition) is 4. The molecule has 0 atom stereocenters. The summed E-state index contributed by atoms with van der Waals surface area (Å²) in [4.78, 5) is 28.9. The Morgan fingerprint density at radius 2 is 1.50 bits per heavy atom. The van der Waals surface area contributed by atoms with Crippen LogP contribution in [0.5, 0.6) is 0 Å². The van der Waals surface area contributed by atoms with Crippen LogP contribution in [-0.2, 0) is 9.59 Å². The van der Waals surface area contributed by atoms with E-state index in [0.29, 0.717) is 22.3 Å². The van der Waals surface area contributed by atoms with Gasteiger partial charge in [-0.25, -0.2) is 9.29 Å². The fraction of sp³-hybridized carbons (Fsp3) is 0.120. The number of carbonyl (C=O) groups is 2. The van der Waals surface area contributed by atoms with Gasteiger partial charge in [-0.05, 0) is 72.1 Å². The molecule has 2 amide bonds. The molecule has 3 aromatic carbocycles. The highest BCUT2D eigenvalue weighted by molar-refractivity contribution is 8.04. The van der Waals surface area contributed by atoms with Gasteiger partial charge in [0.15, 0.2) is 0 Å². The maximum atomic E-state index is 13.4. The zero-order chi connectivity index (χ0) is 22.8. The minimum Gasteiger partial charge on any atom is -0.350 e. The number of amides is 2. The Bertz CT molecular complexity index is 1120. The summed E-state index contributed by atoms with van der Waals surface area (Å²) in [5.74, 6) is -0.940. The molecule has 1 aliphatic heterocycles. The molecule has 0 fully saturated rings. The fourth-order valence-electron chi connectivity index (χ4n) is 3.26. The van der Waals surface area contributed by atoms with E-state index in [4.69, 9.17) is 11.6 Å². The van der Waals surface area contributed by atoms with Gasteiger partial charge in [-0.3, -0.25) is 9.59 Å². The van der Waals surface area contributed by atoms with Crippen LogP contribution >= 0.6 is 23.4 Å². The van der Waals surface area contributed by atoms with Gasteiger partial charge in [0.2, 0.25) is 0 Å². The highest BCUT2D eigenvalue weighted by Gasteiger charge is 2.40. The molecule has 0 saturated heterocycles. The van der Waals surface area contributed by atoms with Gasteiger partial charge in [-0.15, -0.1) is 0 Å². The van der Waals surface area contributed by atoms with Crippen molar-refractivity contribution in [1.29, 1.82) is 0 Å². The summed E-state index contributed by atoms with van der Waals surface area (Å²) in [6.07, 6.45) is 0. The standard InChI is InChI=1S/C25H20ClFN2O2S/c1-15(2)16-3-11-20(12-4-16)29-24(30)22(28-19-9-7-18(27)8-10-19)23(25(29)31)32-21-13-5-17(26)6-14-21/h3-15,28H,1-2H3. The first kappa shape index (κ1) is 22.1. The predicted octanol–water partition coefficient (Wildman–Crippen LogP) is 6.59. The van der Waals surface area contributed by atoms with Crippen molar-refractivity contribution >= 4 is 46.6 Å². The van der Waals surface area contributed by atoms with Crippen molar-refractivity contribution in [3.8, 4) is 0 Å². The second-order valence-electron chi connectivity index (χ2n) is 7.58. The number of hydrogen-bond donors (Lipinski definition) is 1. The van der Waals surface area contributed by atoms with E-state index in [1.165, 1.54) is 36.0 Å². The number of imide groups is 1. The molecule has 0 radical (unpaired) electrons. The maximum Gasteiger partial charge on any atom is 0.283 e. The third-order valence-electron chi connectivity index (χ3n) is 5.01. The molecule has 4 rings (SSSR count). The number of nitrogens with zero attached hydrogens (tertiary/aromatic N) is 1. The molecular weight excluding hydrogens is 447 g/mol. The van der Waals surface area contributed by atoms with E-state index in [2.05, 4.69) is 19.2 Å². The average Bonchev–Trinajstić information content (AvgIpc) is 3.00. The lowest BCUT2D eigenvalue weighted by atomic mass is 10.0. The highest BCUT2D eigenvalue weighted by atomic mass is 35.5. The van der Waals surface area contributed by atoms with Gasteiger partial charge in [-0.1, -0.05) is 49.3 Å². The molecule has 32 heavy (non-hydrogen) atoms. The zero-order valence-electron chi connectivity index (χ0n) is 17.4. The van der Waals surface area contributed by atoms with Gasteiger partial charge >= 0.3 is 0 Å². The van der Waals surface area contributed by atoms with Crippen molar-refractivity contribution < 1.29 is 14.0 Å². The third kappa shape index (κ3) is 4.56. The molecule has 1 aliphatic rings. The van der Waals surface area contributed by atoms with E-state index in [1.807, 2.05) is 12.1 Å². The number of carbonyl (C=O) groups excluding carboxylic acids is 2. The van der Waals surface area contributed by atoms with Crippen LogP contribution in [0.4, 0.5) is 15.8 Å². The normalized spacial score (nSPS) is 14.0. The van der Waals surface area contributed by atoms with Crippen LogP contribution in [0.15, 0.2) is 88.3 Å². The van der Waals surface area contributed by atoms with Crippen molar-refractivity contribution in [2.45, 2.75) is 24.7 Å². The Morgan fingerprint density at radius 3 is 2.09 bits per heavy atom. The minimum atomic E-state index is -0.465. The number of anilines is 2. The first-order valence-electron chi connectivity index (χ1n) is 10.0. The van der Waals surface area contributed by atoms with E-state index < -0.39 is 11.8 Å². The highest BCUT2D eigenvalue weighted by Crippen LogP contribution is 2.38. The molecule has 3 aromatic rings. The number of nitrogens with one attached hydrogen (secondary N) is 1. The minimum absolute atomic E-state index is 0.148.